The molecule has 1 aromatic rings. The van der Waals surface area contributed by atoms with Gasteiger partial charge in [-0.15, -0.1) is 0 Å². The van der Waals surface area contributed by atoms with Gasteiger partial charge in [-0.3, -0.25) is 4.79 Å². The number of fused-ring (bicyclic) bond motifs is 1. The lowest BCUT2D eigenvalue weighted by Crippen LogP contribution is -2.43. The molecule has 3 heteroatoms. The summed E-state index contributed by atoms with van der Waals surface area (Å²) < 4.78 is 0. The highest BCUT2D eigenvalue weighted by atomic mass is 16.3. The summed E-state index contributed by atoms with van der Waals surface area (Å²) >= 11 is 0. The maximum atomic E-state index is 12.4. The first-order valence-electron chi connectivity index (χ1n) is 7.31. The van der Waals surface area contributed by atoms with E-state index in [-0.39, 0.29) is 17.9 Å². The highest BCUT2D eigenvalue weighted by Gasteiger charge is 2.30. The van der Waals surface area contributed by atoms with Crippen molar-refractivity contribution in [3.8, 4) is 0 Å². The molecule has 1 aliphatic carbocycles. The Hall–Kier alpha value is -1.35. The van der Waals surface area contributed by atoms with Gasteiger partial charge in [-0.05, 0) is 30.9 Å². The summed E-state index contributed by atoms with van der Waals surface area (Å²) in [6, 6.07) is 7.88. The molecule has 0 saturated heterocycles. The Bertz CT molecular complexity index is 472. The lowest BCUT2D eigenvalue weighted by molar-refractivity contribution is 0.0391. The van der Waals surface area contributed by atoms with E-state index in [2.05, 4.69) is 0 Å². The number of carbonyl (C=O) groups excluding carboxylic acids is 1. The van der Waals surface area contributed by atoms with Gasteiger partial charge in [0.25, 0.3) is 5.91 Å². The van der Waals surface area contributed by atoms with Crippen LogP contribution in [0.2, 0.25) is 0 Å². The minimum Gasteiger partial charge on any atom is -0.393 e. The summed E-state index contributed by atoms with van der Waals surface area (Å²) in [5.74, 6) is 0.405. The molecule has 0 radical (unpaired) electrons. The number of amides is 1. The molecule has 0 spiro atoms. The fourth-order valence-corrected chi connectivity index (χ4v) is 3.33. The molecule has 0 aromatic heterocycles. The van der Waals surface area contributed by atoms with E-state index in [0.29, 0.717) is 6.54 Å². The van der Waals surface area contributed by atoms with Gasteiger partial charge in [-0.2, -0.15) is 0 Å². The molecule has 1 fully saturated rings. The smallest absolute Gasteiger partial charge is 0.254 e. The van der Waals surface area contributed by atoms with Gasteiger partial charge in [0.1, 0.15) is 0 Å². The quantitative estimate of drug-likeness (QED) is 0.885. The molecule has 1 aromatic carbocycles. The molecule has 3 rings (SSSR count). The summed E-state index contributed by atoms with van der Waals surface area (Å²) in [6.07, 6.45) is 4.95. The zero-order chi connectivity index (χ0) is 13.2. The molecule has 2 atom stereocenters. The molecular weight excluding hydrogens is 238 g/mol. The van der Waals surface area contributed by atoms with Gasteiger partial charge in [0.05, 0.1) is 6.10 Å². The minimum atomic E-state index is -0.223. The topological polar surface area (TPSA) is 40.5 Å². The van der Waals surface area contributed by atoms with Crippen LogP contribution in [-0.2, 0) is 6.42 Å². The van der Waals surface area contributed by atoms with E-state index in [1.54, 1.807) is 0 Å². The summed E-state index contributed by atoms with van der Waals surface area (Å²) in [4.78, 5) is 14.4. The third-order valence-corrected chi connectivity index (χ3v) is 4.51. The third kappa shape index (κ3) is 2.52. The van der Waals surface area contributed by atoms with Crippen LogP contribution in [0.4, 0.5) is 0 Å². The summed E-state index contributed by atoms with van der Waals surface area (Å²) in [6.45, 7) is 1.51. The van der Waals surface area contributed by atoms with E-state index < -0.39 is 0 Å². The van der Waals surface area contributed by atoms with Gasteiger partial charge in [-0.25, -0.2) is 0 Å². The van der Waals surface area contributed by atoms with E-state index in [4.69, 9.17) is 0 Å². The van der Waals surface area contributed by atoms with Crippen molar-refractivity contribution in [1.82, 2.24) is 4.90 Å². The predicted octanol–water partition coefficient (Wildman–Crippen LogP) is 2.24. The van der Waals surface area contributed by atoms with E-state index in [0.717, 1.165) is 43.4 Å². The number of aliphatic hydroxyl groups excluding tert-OH is 1. The Morgan fingerprint density at radius 2 is 2.00 bits per heavy atom. The predicted molar refractivity (Wildman–Crippen MR) is 74.0 cm³/mol. The van der Waals surface area contributed by atoms with Gasteiger partial charge in [0.2, 0.25) is 0 Å². The van der Waals surface area contributed by atoms with Crippen LogP contribution in [0.3, 0.4) is 0 Å². The number of rotatable bonds is 2. The van der Waals surface area contributed by atoms with E-state index >= 15 is 0 Å². The van der Waals surface area contributed by atoms with Gasteiger partial charge < -0.3 is 10.0 Å². The number of benzene rings is 1. The Labute approximate surface area is 114 Å². The zero-order valence-corrected chi connectivity index (χ0v) is 11.2. The molecular formula is C16H21NO2. The van der Waals surface area contributed by atoms with Crippen LogP contribution in [0.15, 0.2) is 24.3 Å². The number of nitrogens with zero attached hydrogens (tertiary/aromatic N) is 1. The molecule has 0 bridgehead atoms. The molecule has 1 amide bonds. The number of hydrogen-bond acceptors (Lipinski definition) is 2. The highest BCUT2D eigenvalue weighted by molar-refractivity contribution is 5.96. The fourth-order valence-electron chi connectivity index (χ4n) is 3.33. The first kappa shape index (κ1) is 12.7. The number of aliphatic hydroxyl groups is 1. The van der Waals surface area contributed by atoms with E-state index in [9.17, 15) is 9.90 Å². The van der Waals surface area contributed by atoms with Crippen molar-refractivity contribution in [2.24, 2.45) is 5.92 Å². The molecule has 19 heavy (non-hydrogen) atoms. The number of hydrogen-bond donors (Lipinski definition) is 1. The average Bonchev–Trinajstić information content (AvgIpc) is 2.44. The Balaban J connectivity index is 1.72. The number of carbonyl (C=O) groups is 1. The lowest BCUT2D eigenvalue weighted by Gasteiger charge is -2.35. The van der Waals surface area contributed by atoms with Gasteiger partial charge in [-0.1, -0.05) is 31.0 Å². The second-order valence-electron chi connectivity index (χ2n) is 5.77. The zero-order valence-electron chi connectivity index (χ0n) is 11.2. The second kappa shape index (κ2) is 5.33. The third-order valence-electron chi connectivity index (χ3n) is 4.51. The molecule has 1 saturated carbocycles. The Morgan fingerprint density at radius 3 is 2.84 bits per heavy atom. The van der Waals surface area contributed by atoms with Gasteiger partial charge in [0.15, 0.2) is 0 Å². The van der Waals surface area contributed by atoms with Crippen molar-refractivity contribution in [2.45, 2.75) is 38.2 Å². The molecule has 2 aliphatic rings. The highest BCUT2D eigenvalue weighted by Crippen LogP contribution is 2.27. The summed E-state index contributed by atoms with van der Waals surface area (Å²) in [7, 11) is 0. The SMILES string of the molecule is O=C1c2ccccc2CCN1CC1CCCCC1O. The van der Waals surface area contributed by atoms with Crippen molar-refractivity contribution in [3.05, 3.63) is 35.4 Å². The van der Waals surface area contributed by atoms with Crippen LogP contribution in [0.25, 0.3) is 0 Å². The monoisotopic (exact) mass is 259 g/mol. The van der Waals surface area contributed by atoms with Crippen LogP contribution in [0, 0.1) is 5.92 Å². The van der Waals surface area contributed by atoms with Crippen molar-refractivity contribution in [2.75, 3.05) is 13.1 Å². The van der Waals surface area contributed by atoms with Crippen LogP contribution in [-0.4, -0.2) is 35.1 Å². The molecule has 1 aliphatic heterocycles. The van der Waals surface area contributed by atoms with Crippen LogP contribution >= 0.6 is 0 Å². The van der Waals surface area contributed by atoms with Crippen molar-refractivity contribution >= 4 is 5.91 Å². The van der Waals surface area contributed by atoms with Crippen molar-refractivity contribution in [3.63, 3.8) is 0 Å². The molecule has 3 nitrogen and oxygen atoms in total. The molecule has 1 heterocycles. The first-order chi connectivity index (χ1) is 9.25. The van der Waals surface area contributed by atoms with Gasteiger partial charge >= 0.3 is 0 Å². The Morgan fingerprint density at radius 1 is 1.21 bits per heavy atom. The Kier molecular flexibility index (Phi) is 3.56. The summed E-state index contributed by atoms with van der Waals surface area (Å²) in [5.41, 5.74) is 2.01. The van der Waals surface area contributed by atoms with Gasteiger partial charge in [0, 0.05) is 24.6 Å². The van der Waals surface area contributed by atoms with Crippen LogP contribution in [0.1, 0.15) is 41.6 Å². The minimum absolute atomic E-state index is 0.139. The first-order valence-corrected chi connectivity index (χ1v) is 7.31. The lowest BCUT2D eigenvalue weighted by atomic mass is 9.85. The summed E-state index contributed by atoms with van der Waals surface area (Å²) in [5, 5.41) is 10.0. The second-order valence-corrected chi connectivity index (χ2v) is 5.77. The van der Waals surface area contributed by atoms with Crippen molar-refractivity contribution in [1.29, 1.82) is 0 Å². The fraction of sp³-hybridized carbons (Fsp3) is 0.562. The molecule has 1 N–H and O–H groups in total. The molecule has 2 unspecified atom stereocenters. The van der Waals surface area contributed by atoms with Crippen LogP contribution < -0.4 is 0 Å². The average molecular weight is 259 g/mol. The maximum absolute atomic E-state index is 12.4. The normalized spacial score (nSPS) is 27.2. The van der Waals surface area contributed by atoms with E-state index in [1.165, 1.54) is 6.42 Å². The molecule has 102 valence electrons. The van der Waals surface area contributed by atoms with Crippen LogP contribution in [0.5, 0.6) is 0 Å². The van der Waals surface area contributed by atoms with Crippen molar-refractivity contribution < 1.29 is 9.90 Å². The maximum Gasteiger partial charge on any atom is 0.254 e. The van der Waals surface area contributed by atoms with E-state index in [1.807, 2.05) is 29.2 Å². The largest absolute Gasteiger partial charge is 0.393 e. The standard InChI is InChI=1S/C16H21NO2/c18-15-8-4-2-6-13(15)11-17-10-9-12-5-1-3-7-14(12)16(17)19/h1,3,5,7,13,15,18H,2,4,6,8-11H2.